The third-order valence-electron chi connectivity index (χ3n) is 5.97. The van der Waals surface area contributed by atoms with Crippen molar-refractivity contribution < 1.29 is 14.3 Å². The predicted octanol–water partition coefficient (Wildman–Crippen LogP) is 4.04. The summed E-state index contributed by atoms with van der Waals surface area (Å²) in [5, 5.41) is 7.52. The Balaban J connectivity index is 1.53. The number of ether oxygens (including phenoxy) is 2. The summed E-state index contributed by atoms with van der Waals surface area (Å²) in [7, 11) is 3.15. The van der Waals surface area contributed by atoms with Crippen molar-refractivity contribution in [2.24, 2.45) is 5.10 Å². The zero-order valence-electron chi connectivity index (χ0n) is 20.5. The Morgan fingerprint density at radius 1 is 0.973 bits per heavy atom. The number of nitrogens with two attached hydrogens (primary N) is 1. The second-order valence-electron chi connectivity index (χ2n) is 8.31. The molecule has 0 radical (unpaired) electrons. The zero-order valence-corrected chi connectivity index (χ0v) is 20.5. The number of fused-ring (bicyclic) bond motifs is 2. The van der Waals surface area contributed by atoms with Gasteiger partial charge < -0.3 is 20.5 Å². The summed E-state index contributed by atoms with van der Waals surface area (Å²) in [5.74, 6) is 1.00. The van der Waals surface area contributed by atoms with Gasteiger partial charge in [-0.25, -0.2) is 9.97 Å². The molecular formula is C28H26N6O3. The van der Waals surface area contributed by atoms with Gasteiger partial charge in [0.2, 0.25) is 0 Å². The van der Waals surface area contributed by atoms with Crippen LogP contribution >= 0.6 is 0 Å². The lowest BCUT2D eigenvalue weighted by Crippen LogP contribution is -2.26. The summed E-state index contributed by atoms with van der Waals surface area (Å²) in [6, 6.07) is 22.8. The van der Waals surface area contributed by atoms with Crippen molar-refractivity contribution in [2.45, 2.75) is 6.42 Å². The fraction of sp³-hybridized carbons (Fsp3) is 0.143. The van der Waals surface area contributed by atoms with E-state index in [-0.39, 0.29) is 17.3 Å². The van der Waals surface area contributed by atoms with Crippen molar-refractivity contribution in [3.63, 3.8) is 0 Å². The summed E-state index contributed by atoms with van der Waals surface area (Å²) in [6.07, 6.45) is 2.31. The van der Waals surface area contributed by atoms with Crippen LogP contribution in [0.1, 0.15) is 21.5 Å². The van der Waals surface area contributed by atoms with Crippen molar-refractivity contribution in [3.05, 3.63) is 89.5 Å². The summed E-state index contributed by atoms with van der Waals surface area (Å²) in [5.41, 5.74) is 10.7. The van der Waals surface area contributed by atoms with Crippen molar-refractivity contribution in [1.29, 1.82) is 0 Å². The molecule has 0 aliphatic heterocycles. The van der Waals surface area contributed by atoms with Gasteiger partial charge in [-0.05, 0) is 47.9 Å². The minimum Gasteiger partial charge on any atom is -0.493 e. The first-order valence-corrected chi connectivity index (χ1v) is 11.7. The molecule has 0 unspecified atom stereocenters. The first-order chi connectivity index (χ1) is 18.1. The average molecular weight is 495 g/mol. The molecule has 2 aromatic heterocycles. The molecule has 0 spiro atoms. The molecule has 0 fully saturated rings. The van der Waals surface area contributed by atoms with E-state index in [1.54, 1.807) is 32.6 Å². The summed E-state index contributed by atoms with van der Waals surface area (Å²) in [6.45, 7) is 0.449. The topological polar surface area (TPSA) is 117 Å². The molecule has 9 nitrogen and oxygen atoms in total. The van der Waals surface area contributed by atoms with E-state index >= 15 is 0 Å². The molecule has 5 rings (SSSR count). The Hall–Kier alpha value is -4.92. The number of carbonyl (C=O) groups excluding carboxylic acids is 1. The van der Waals surface area contributed by atoms with E-state index in [2.05, 4.69) is 10.4 Å². The maximum atomic E-state index is 13.3. The standard InChI is InChI=1S/C28H26N6O3/c1-36-22-13-12-19(16-23(22)37-2)17-31-34-26(29)24(28(35)30-15-14-18-8-4-3-5-9-18)25-27(34)33-21-11-7-6-10-20(21)32-25/h3-13,16-17H,14-15,29H2,1-2H3,(H,30,35)/b31-17-. The molecule has 1 amide bonds. The quantitative estimate of drug-likeness (QED) is 0.315. The fourth-order valence-electron chi connectivity index (χ4n) is 4.10. The van der Waals surface area contributed by atoms with E-state index in [0.717, 1.165) is 11.1 Å². The van der Waals surface area contributed by atoms with Crippen LogP contribution in [0.25, 0.3) is 22.2 Å². The third-order valence-corrected chi connectivity index (χ3v) is 5.97. The summed E-state index contributed by atoms with van der Waals surface area (Å²) < 4.78 is 12.1. The van der Waals surface area contributed by atoms with Crippen LogP contribution in [0.2, 0.25) is 0 Å². The number of nitrogens with zero attached hydrogens (tertiary/aromatic N) is 4. The monoisotopic (exact) mass is 494 g/mol. The molecule has 5 aromatic rings. The highest BCUT2D eigenvalue weighted by Gasteiger charge is 2.24. The maximum absolute atomic E-state index is 13.3. The first kappa shape index (κ1) is 23.8. The van der Waals surface area contributed by atoms with Crippen LogP contribution in [0.5, 0.6) is 11.5 Å². The lowest BCUT2D eigenvalue weighted by atomic mass is 10.1. The Kier molecular flexibility index (Phi) is 6.67. The average Bonchev–Trinajstić information content (AvgIpc) is 3.20. The van der Waals surface area contributed by atoms with Gasteiger partial charge in [-0.15, -0.1) is 0 Å². The summed E-state index contributed by atoms with van der Waals surface area (Å²) in [4.78, 5) is 22.7. The van der Waals surface area contributed by atoms with Gasteiger partial charge in [0, 0.05) is 6.54 Å². The van der Waals surface area contributed by atoms with E-state index in [1.807, 2.05) is 60.7 Å². The molecule has 37 heavy (non-hydrogen) atoms. The zero-order chi connectivity index (χ0) is 25.8. The number of benzene rings is 3. The molecule has 186 valence electrons. The number of aromatic nitrogens is 3. The number of amides is 1. The van der Waals surface area contributed by atoms with Crippen molar-refractivity contribution in [3.8, 4) is 11.5 Å². The van der Waals surface area contributed by atoms with Crippen LogP contribution in [0, 0.1) is 0 Å². The van der Waals surface area contributed by atoms with E-state index in [9.17, 15) is 4.79 Å². The Bertz CT molecular complexity index is 1610. The van der Waals surface area contributed by atoms with Gasteiger partial charge in [-0.3, -0.25) is 4.79 Å². The van der Waals surface area contributed by atoms with Crippen LogP contribution in [-0.4, -0.2) is 47.5 Å². The normalized spacial score (nSPS) is 11.3. The van der Waals surface area contributed by atoms with Gasteiger partial charge >= 0.3 is 0 Å². The molecule has 0 bridgehead atoms. The van der Waals surface area contributed by atoms with Gasteiger partial charge in [0.25, 0.3) is 5.91 Å². The molecule has 0 aliphatic rings. The van der Waals surface area contributed by atoms with Gasteiger partial charge in [0.15, 0.2) is 17.1 Å². The molecule has 2 heterocycles. The fourth-order valence-corrected chi connectivity index (χ4v) is 4.10. The highest BCUT2D eigenvalue weighted by atomic mass is 16.5. The Labute approximate surface area is 213 Å². The van der Waals surface area contributed by atoms with Crippen molar-refractivity contribution in [2.75, 3.05) is 26.5 Å². The number of rotatable bonds is 8. The molecular weight excluding hydrogens is 468 g/mol. The van der Waals surface area contributed by atoms with Gasteiger partial charge in [0.05, 0.1) is 31.5 Å². The Morgan fingerprint density at radius 3 is 2.41 bits per heavy atom. The predicted molar refractivity (Wildman–Crippen MR) is 144 cm³/mol. The number of nitrogen functional groups attached to an aromatic ring is 1. The lowest BCUT2D eigenvalue weighted by molar-refractivity contribution is 0.0956. The molecule has 3 N–H and O–H groups in total. The minimum atomic E-state index is -0.330. The number of anilines is 1. The minimum absolute atomic E-state index is 0.152. The van der Waals surface area contributed by atoms with Gasteiger partial charge in [0.1, 0.15) is 16.9 Å². The summed E-state index contributed by atoms with van der Waals surface area (Å²) >= 11 is 0. The van der Waals surface area contributed by atoms with E-state index < -0.39 is 0 Å². The molecule has 0 saturated heterocycles. The highest BCUT2D eigenvalue weighted by molar-refractivity contribution is 6.10. The SMILES string of the molecule is COc1ccc(/C=N\n2c(N)c(C(=O)NCCc3ccccc3)c3nc4ccccc4nc32)cc1OC. The van der Waals surface area contributed by atoms with Crippen molar-refractivity contribution >= 4 is 40.1 Å². The number of para-hydroxylation sites is 2. The second kappa shape index (κ2) is 10.4. The Morgan fingerprint density at radius 2 is 1.68 bits per heavy atom. The van der Waals surface area contributed by atoms with Gasteiger partial charge in [-0.1, -0.05) is 42.5 Å². The number of methoxy groups -OCH3 is 2. The number of hydrogen-bond acceptors (Lipinski definition) is 7. The first-order valence-electron chi connectivity index (χ1n) is 11.7. The number of hydrogen-bond donors (Lipinski definition) is 2. The second-order valence-corrected chi connectivity index (χ2v) is 8.31. The van der Waals surface area contributed by atoms with E-state index in [0.29, 0.717) is 46.7 Å². The largest absolute Gasteiger partial charge is 0.493 e. The molecule has 0 aliphatic carbocycles. The van der Waals surface area contributed by atoms with Crippen LogP contribution in [0.3, 0.4) is 0 Å². The third kappa shape index (κ3) is 4.79. The van der Waals surface area contributed by atoms with E-state index in [1.165, 1.54) is 4.68 Å². The van der Waals surface area contributed by atoms with Crippen LogP contribution in [0.4, 0.5) is 5.82 Å². The van der Waals surface area contributed by atoms with Crippen LogP contribution < -0.4 is 20.5 Å². The van der Waals surface area contributed by atoms with Gasteiger partial charge in [-0.2, -0.15) is 9.78 Å². The van der Waals surface area contributed by atoms with Crippen LogP contribution in [-0.2, 0) is 6.42 Å². The maximum Gasteiger partial charge on any atom is 0.257 e. The number of carbonyl (C=O) groups is 1. The lowest BCUT2D eigenvalue weighted by Gasteiger charge is -2.07. The molecule has 0 saturated carbocycles. The smallest absolute Gasteiger partial charge is 0.257 e. The van der Waals surface area contributed by atoms with E-state index in [4.69, 9.17) is 25.2 Å². The van der Waals surface area contributed by atoms with Crippen LogP contribution in [0.15, 0.2) is 77.9 Å². The molecule has 0 atom stereocenters. The number of nitrogens with one attached hydrogen (secondary N) is 1. The molecule has 3 aromatic carbocycles. The molecule has 9 heteroatoms. The highest BCUT2D eigenvalue weighted by Crippen LogP contribution is 2.29. The van der Waals surface area contributed by atoms with Crippen molar-refractivity contribution in [1.82, 2.24) is 20.0 Å².